The number of fused-ring (bicyclic) bond motifs is 1. The first-order valence-corrected chi connectivity index (χ1v) is 12.3. The van der Waals surface area contributed by atoms with Crippen LogP contribution in [0.25, 0.3) is 22.0 Å². The third-order valence-electron chi connectivity index (χ3n) is 6.09. The molecule has 3 aromatic carbocycles. The number of aromatic amines is 1. The molecule has 0 aliphatic rings. The predicted molar refractivity (Wildman–Crippen MR) is 144 cm³/mol. The van der Waals surface area contributed by atoms with E-state index in [9.17, 15) is 9.59 Å². The van der Waals surface area contributed by atoms with Crippen LogP contribution in [0.1, 0.15) is 21.6 Å². The van der Waals surface area contributed by atoms with Crippen LogP contribution < -0.4 is 10.9 Å². The van der Waals surface area contributed by atoms with Gasteiger partial charge in [0.15, 0.2) is 0 Å². The van der Waals surface area contributed by atoms with Gasteiger partial charge in [-0.05, 0) is 35.2 Å². The Bertz CT molecular complexity index is 1540. The molecular weight excluding hydrogens is 502 g/mol. The molecule has 0 saturated heterocycles. The van der Waals surface area contributed by atoms with Gasteiger partial charge in [-0.3, -0.25) is 14.2 Å². The van der Waals surface area contributed by atoms with Gasteiger partial charge in [0.2, 0.25) is 0 Å². The average molecular weight is 526 g/mol. The van der Waals surface area contributed by atoms with Gasteiger partial charge in [0.05, 0.1) is 17.6 Å². The van der Waals surface area contributed by atoms with Crippen molar-refractivity contribution in [2.24, 2.45) is 0 Å². The first-order valence-electron chi connectivity index (χ1n) is 11.5. The molecule has 2 N–H and O–H groups in total. The van der Waals surface area contributed by atoms with Crippen molar-refractivity contribution in [3.8, 4) is 11.1 Å². The largest absolute Gasteiger partial charge is 0.359 e. The number of nitrogens with one attached hydrogen (secondary N) is 2. The predicted octanol–water partition coefficient (Wildman–Crippen LogP) is 5.78. The number of rotatable bonds is 7. The van der Waals surface area contributed by atoms with Gasteiger partial charge < -0.3 is 10.3 Å². The van der Waals surface area contributed by atoms with Gasteiger partial charge in [0.25, 0.3) is 11.5 Å². The van der Waals surface area contributed by atoms with Crippen LogP contribution in [-0.2, 0) is 13.0 Å². The molecule has 5 rings (SSSR count). The van der Waals surface area contributed by atoms with Crippen molar-refractivity contribution in [3.05, 3.63) is 129 Å². The molecule has 0 spiro atoms. The summed E-state index contributed by atoms with van der Waals surface area (Å²) in [6.07, 6.45) is 2.48. The summed E-state index contributed by atoms with van der Waals surface area (Å²) in [5.41, 5.74) is 4.23. The van der Waals surface area contributed by atoms with Gasteiger partial charge in [-0.25, -0.2) is 0 Å². The SMILES string of the molecule is O=C(NCCc1ccccc1)c1c2[nH]ccc2c(-c2ccccc2)c(=O)n1Cc1ccccc1Br. The topological polar surface area (TPSA) is 66.9 Å². The van der Waals surface area contributed by atoms with Gasteiger partial charge in [0, 0.05) is 22.6 Å². The molecule has 0 fully saturated rings. The van der Waals surface area contributed by atoms with Crippen molar-refractivity contribution >= 4 is 32.7 Å². The monoisotopic (exact) mass is 525 g/mol. The fourth-order valence-corrected chi connectivity index (χ4v) is 4.79. The molecule has 0 aliphatic heterocycles. The molecule has 6 heteroatoms. The third-order valence-corrected chi connectivity index (χ3v) is 6.86. The number of amides is 1. The lowest BCUT2D eigenvalue weighted by Gasteiger charge is -2.17. The molecule has 174 valence electrons. The number of carbonyl (C=O) groups excluding carboxylic acids is 1. The summed E-state index contributed by atoms with van der Waals surface area (Å²) < 4.78 is 2.47. The maximum atomic E-state index is 14.0. The molecule has 0 aliphatic carbocycles. The lowest BCUT2D eigenvalue weighted by molar-refractivity contribution is 0.0946. The van der Waals surface area contributed by atoms with Crippen molar-refractivity contribution in [1.29, 1.82) is 0 Å². The van der Waals surface area contributed by atoms with E-state index in [4.69, 9.17) is 0 Å². The number of hydrogen-bond donors (Lipinski definition) is 2. The minimum atomic E-state index is -0.280. The molecule has 1 amide bonds. The maximum absolute atomic E-state index is 14.0. The van der Waals surface area contributed by atoms with Crippen LogP contribution in [0.15, 0.2) is 106 Å². The van der Waals surface area contributed by atoms with Crippen LogP contribution in [0.2, 0.25) is 0 Å². The minimum absolute atomic E-state index is 0.202. The van der Waals surface area contributed by atoms with E-state index in [-0.39, 0.29) is 18.0 Å². The number of benzene rings is 3. The highest BCUT2D eigenvalue weighted by Gasteiger charge is 2.23. The maximum Gasteiger partial charge on any atom is 0.270 e. The van der Waals surface area contributed by atoms with E-state index >= 15 is 0 Å². The molecule has 0 bridgehead atoms. The van der Waals surface area contributed by atoms with Gasteiger partial charge in [0.1, 0.15) is 5.69 Å². The van der Waals surface area contributed by atoms with Crippen LogP contribution in [0.4, 0.5) is 0 Å². The normalized spacial score (nSPS) is 11.0. The molecule has 35 heavy (non-hydrogen) atoms. The lowest BCUT2D eigenvalue weighted by Crippen LogP contribution is -2.34. The number of hydrogen-bond acceptors (Lipinski definition) is 2. The van der Waals surface area contributed by atoms with Crippen LogP contribution in [0.3, 0.4) is 0 Å². The highest BCUT2D eigenvalue weighted by molar-refractivity contribution is 9.10. The van der Waals surface area contributed by atoms with Crippen molar-refractivity contribution in [2.45, 2.75) is 13.0 Å². The average Bonchev–Trinajstić information content (AvgIpc) is 3.35. The summed E-state index contributed by atoms with van der Waals surface area (Å²) in [6, 6.07) is 29.2. The minimum Gasteiger partial charge on any atom is -0.359 e. The Morgan fingerprint density at radius 3 is 2.31 bits per heavy atom. The van der Waals surface area contributed by atoms with E-state index < -0.39 is 0 Å². The summed E-state index contributed by atoms with van der Waals surface area (Å²) in [5.74, 6) is -0.280. The highest BCUT2D eigenvalue weighted by atomic mass is 79.9. The second-order valence-electron chi connectivity index (χ2n) is 8.33. The Hall–Kier alpha value is -3.90. The van der Waals surface area contributed by atoms with E-state index in [1.807, 2.05) is 91.0 Å². The number of carbonyl (C=O) groups is 1. The van der Waals surface area contributed by atoms with E-state index in [2.05, 4.69) is 26.2 Å². The zero-order valence-corrected chi connectivity index (χ0v) is 20.6. The fraction of sp³-hybridized carbons (Fsp3) is 0.103. The number of pyridine rings is 1. The summed E-state index contributed by atoms with van der Waals surface area (Å²) in [6.45, 7) is 0.727. The fourth-order valence-electron chi connectivity index (χ4n) is 4.38. The molecule has 0 saturated carbocycles. The second kappa shape index (κ2) is 10.2. The number of halogens is 1. The first kappa shape index (κ1) is 22.9. The molecule has 2 aromatic heterocycles. The molecule has 2 heterocycles. The van der Waals surface area contributed by atoms with Crippen LogP contribution >= 0.6 is 15.9 Å². The lowest BCUT2D eigenvalue weighted by atomic mass is 10.0. The molecule has 0 unspecified atom stereocenters. The summed E-state index contributed by atoms with van der Waals surface area (Å²) in [4.78, 5) is 30.7. The molecule has 5 nitrogen and oxygen atoms in total. The van der Waals surface area contributed by atoms with Crippen LogP contribution in [-0.4, -0.2) is 22.0 Å². The van der Waals surface area contributed by atoms with Crippen molar-refractivity contribution < 1.29 is 4.79 Å². The van der Waals surface area contributed by atoms with Crippen molar-refractivity contribution in [2.75, 3.05) is 6.54 Å². The summed E-state index contributed by atoms with van der Waals surface area (Å²) >= 11 is 3.59. The Kier molecular flexibility index (Phi) is 6.64. The van der Waals surface area contributed by atoms with Crippen molar-refractivity contribution in [1.82, 2.24) is 14.9 Å². The van der Waals surface area contributed by atoms with E-state index in [1.54, 1.807) is 10.8 Å². The molecule has 0 atom stereocenters. The smallest absolute Gasteiger partial charge is 0.270 e. The summed E-state index contributed by atoms with van der Waals surface area (Å²) in [5, 5.41) is 3.76. The molecular formula is C29H24BrN3O2. The van der Waals surface area contributed by atoms with Gasteiger partial charge in [-0.1, -0.05) is 94.8 Å². The zero-order valence-electron chi connectivity index (χ0n) is 19.0. The van der Waals surface area contributed by atoms with E-state index in [0.29, 0.717) is 29.7 Å². The van der Waals surface area contributed by atoms with Gasteiger partial charge in [-0.15, -0.1) is 0 Å². The van der Waals surface area contributed by atoms with Crippen LogP contribution in [0, 0.1) is 0 Å². The second-order valence-corrected chi connectivity index (χ2v) is 9.18. The summed E-state index contributed by atoms with van der Waals surface area (Å²) in [7, 11) is 0. The quantitative estimate of drug-likeness (QED) is 0.282. The Morgan fingerprint density at radius 1 is 0.886 bits per heavy atom. The first-order chi connectivity index (χ1) is 17.1. The Morgan fingerprint density at radius 2 is 1.57 bits per heavy atom. The number of aromatic nitrogens is 2. The highest BCUT2D eigenvalue weighted by Crippen LogP contribution is 2.28. The van der Waals surface area contributed by atoms with E-state index in [1.165, 1.54) is 0 Å². The third kappa shape index (κ3) is 4.70. The molecule has 5 aromatic rings. The van der Waals surface area contributed by atoms with Gasteiger partial charge >= 0.3 is 0 Å². The van der Waals surface area contributed by atoms with Gasteiger partial charge in [-0.2, -0.15) is 0 Å². The number of H-pyrrole nitrogens is 1. The zero-order chi connectivity index (χ0) is 24.2. The molecule has 0 radical (unpaired) electrons. The van der Waals surface area contributed by atoms with Crippen molar-refractivity contribution in [3.63, 3.8) is 0 Å². The Balaban J connectivity index is 1.61. The van der Waals surface area contributed by atoms with Crippen LogP contribution in [0.5, 0.6) is 0 Å². The number of nitrogens with zero attached hydrogens (tertiary/aromatic N) is 1. The Labute approximate surface area is 211 Å². The van der Waals surface area contributed by atoms with E-state index in [0.717, 1.165) is 26.5 Å². The standard InChI is InChI=1S/C29H24BrN3O2/c30-24-14-8-7-13-22(24)19-33-27(28(34)32-17-15-20-9-3-1-4-10-20)26-23(16-18-31-26)25(29(33)35)21-11-5-2-6-12-21/h1-14,16,18,31H,15,17,19H2,(H,32,34).